The normalized spacial score (nSPS) is 15.0. The Labute approximate surface area is 182 Å². The predicted molar refractivity (Wildman–Crippen MR) is 117 cm³/mol. The molecule has 2 heterocycles. The van der Waals surface area contributed by atoms with E-state index in [0.29, 0.717) is 11.4 Å². The van der Waals surface area contributed by atoms with E-state index >= 15 is 0 Å². The van der Waals surface area contributed by atoms with Crippen LogP contribution in [0.2, 0.25) is 0 Å². The summed E-state index contributed by atoms with van der Waals surface area (Å²) in [4.78, 5) is 29.3. The third kappa shape index (κ3) is 4.36. The Morgan fingerprint density at radius 3 is 2.73 bits per heavy atom. The Balaban J connectivity index is 1.77. The minimum atomic E-state index is -0.813. The molecule has 1 aliphatic rings. The van der Waals surface area contributed by atoms with E-state index in [-0.39, 0.29) is 23.6 Å². The van der Waals surface area contributed by atoms with Crippen LogP contribution < -0.4 is 15.0 Å². The summed E-state index contributed by atoms with van der Waals surface area (Å²) in [6, 6.07) is 10.2. The van der Waals surface area contributed by atoms with E-state index in [1.165, 1.54) is 16.2 Å². The highest BCUT2D eigenvalue weighted by Gasteiger charge is 2.36. The van der Waals surface area contributed by atoms with Gasteiger partial charge >= 0.3 is 0 Å². The number of amides is 2. The molecule has 1 aliphatic carbocycles. The zero-order valence-corrected chi connectivity index (χ0v) is 18.1. The zero-order valence-electron chi connectivity index (χ0n) is 16.5. The summed E-state index contributed by atoms with van der Waals surface area (Å²) in [5.74, 6) is 0.0310. The number of nitrogens with zero attached hydrogens (tertiary/aromatic N) is 3. The van der Waals surface area contributed by atoms with Crippen LogP contribution in [-0.4, -0.2) is 34.6 Å². The molecule has 0 saturated heterocycles. The van der Waals surface area contributed by atoms with Gasteiger partial charge < -0.3 is 10.1 Å². The highest BCUT2D eigenvalue weighted by atomic mass is 32.1. The number of anilines is 1. The van der Waals surface area contributed by atoms with Crippen LogP contribution in [0.25, 0.3) is 0 Å². The number of benzene rings is 1. The summed E-state index contributed by atoms with van der Waals surface area (Å²) in [7, 11) is 1.57. The largest absolute Gasteiger partial charge is 0.497 e. The van der Waals surface area contributed by atoms with Crippen molar-refractivity contribution in [1.29, 1.82) is 0 Å². The molecule has 1 saturated carbocycles. The molecule has 1 atom stereocenters. The number of rotatable bonds is 7. The maximum atomic E-state index is 13.5. The van der Waals surface area contributed by atoms with Crippen molar-refractivity contribution < 1.29 is 14.3 Å². The van der Waals surface area contributed by atoms with E-state index in [1.807, 2.05) is 17.5 Å². The van der Waals surface area contributed by atoms with E-state index < -0.39 is 6.04 Å². The van der Waals surface area contributed by atoms with E-state index in [4.69, 9.17) is 4.74 Å². The smallest absolute Gasteiger partial charge is 0.280 e. The highest BCUT2D eigenvalue weighted by molar-refractivity contribution is 7.10. The van der Waals surface area contributed by atoms with Crippen LogP contribution in [0.4, 0.5) is 5.69 Å². The fourth-order valence-electron chi connectivity index (χ4n) is 3.70. The van der Waals surface area contributed by atoms with Gasteiger partial charge in [0.15, 0.2) is 11.7 Å². The van der Waals surface area contributed by atoms with Crippen LogP contribution in [-0.2, 0) is 4.79 Å². The molecule has 7 nitrogen and oxygen atoms in total. The van der Waals surface area contributed by atoms with Crippen molar-refractivity contribution in [2.24, 2.45) is 0 Å². The number of aromatic nitrogens is 2. The van der Waals surface area contributed by atoms with Gasteiger partial charge in [-0.1, -0.05) is 29.5 Å². The van der Waals surface area contributed by atoms with E-state index in [9.17, 15) is 9.59 Å². The Morgan fingerprint density at radius 2 is 2.07 bits per heavy atom. The zero-order chi connectivity index (χ0) is 20.9. The van der Waals surface area contributed by atoms with Crippen molar-refractivity contribution in [3.05, 3.63) is 57.7 Å². The fraction of sp³-hybridized carbons (Fsp3) is 0.333. The quantitative estimate of drug-likeness (QED) is 0.597. The van der Waals surface area contributed by atoms with Gasteiger partial charge in [0.05, 0.1) is 7.11 Å². The second-order valence-electron chi connectivity index (χ2n) is 7.07. The molecular weight excluding hydrogens is 420 g/mol. The monoisotopic (exact) mass is 442 g/mol. The van der Waals surface area contributed by atoms with Crippen LogP contribution in [0, 0.1) is 0 Å². The number of ether oxygens (including phenoxy) is 1. The first-order valence-corrected chi connectivity index (χ1v) is 11.5. The number of hydrogen-bond acceptors (Lipinski definition) is 7. The lowest BCUT2D eigenvalue weighted by atomic mass is 10.1. The minimum absolute atomic E-state index is 0.142. The van der Waals surface area contributed by atoms with E-state index in [2.05, 4.69) is 14.9 Å². The second-order valence-corrected chi connectivity index (χ2v) is 8.66. The maximum absolute atomic E-state index is 13.5. The van der Waals surface area contributed by atoms with Gasteiger partial charge in [-0.2, -0.15) is 0 Å². The highest BCUT2D eigenvalue weighted by Crippen LogP contribution is 2.34. The minimum Gasteiger partial charge on any atom is -0.497 e. The van der Waals surface area contributed by atoms with Gasteiger partial charge in [0.1, 0.15) is 5.75 Å². The lowest BCUT2D eigenvalue weighted by molar-refractivity contribution is -0.123. The third-order valence-corrected chi connectivity index (χ3v) is 6.58. The summed E-state index contributed by atoms with van der Waals surface area (Å²) >= 11 is 2.55. The number of carbonyl (C=O) groups excluding carboxylic acids is 2. The molecule has 2 amide bonds. The standard InChI is InChI=1S/C21H22N4O3S2/c1-28-16-9-4-8-15(12-16)25(21(27)17-13-30-24-23-17)19(18-10-5-11-29-18)20(26)22-14-6-2-3-7-14/h4-5,8-14,19H,2-3,6-7H2,1H3,(H,22,26). The van der Waals surface area contributed by atoms with Crippen LogP contribution in [0.3, 0.4) is 0 Å². The third-order valence-electron chi connectivity index (χ3n) is 5.15. The Kier molecular flexibility index (Phi) is 6.39. The van der Waals surface area contributed by atoms with Crippen LogP contribution in [0.1, 0.15) is 47.1 Å². The molecule has 0 radical (unpaired) electrons. The molecule has 1 aromatic carbocycles. The molecule has 30 heavy (non-hydrogen) atoms. The Bertz CT molecular complexity index is 986. The van der Waals surface area contributed by atoms with Gasteiger partial charge in [0.2, 0.25) is 5.91 Å². The maximum Gasteiger partial charge on any atom is 0.280 e. The topological polar surface area (TPSA) is 84.4 Å². The number of thiophene rings is 1. The van der Waals surface area contributed by atoms with Crippen molar-refractivity contribution in [2.75, 3.05) is 12.0 Å². The van der Waals surface area contributed by atoms with Crippen molar-refractivity contribution >= 4 is 40.4 Å². The molecule has 4 rings (SSSR count). The van der Waals surface area contributed by atoms with Gasteiger partial charge in [-0.3, -0.25) is 14.5 Å². The number of carbonyl (C=O) groups is 2. The molecule has 1 fully saturated rings. The first kappa shape index (κ1) is 20.5. The van der Waals surface area contributed by atoms with Crippen molar-refractivity contribution in [2.45, 2.75) is 37.8 Å². The van der Waals surface area contributed by atoms with Crippen molar-refractivity contribution in [3.63, 3.8) is 0 Å². The van der Waals surface area contributed by atoms with Gasteiger partial charge in [-0.15, -0.1) is 16.4 Å². The molecule has 1 unspecified atom stereocenters. The Morgan fingerprint density at radius 1 is 1.23 bits per heavy atom. The van der Waals surface area contributed by atoms with E-state index in [1.54, 1.807) is 36.8 Å². The van der Waals surface area contributed by atoms with Gasteiger partial charge in [-0.25, -0.2) is 0 Å². The van der Waals surface area contributed by atoms with Gasteiger partial charge in [0.25, 0.3) is 5.91 Å². The van der Waals surface area contributed by atoms with Gasteiger partial charge in [0, 0.05) is 28.1 Å². The van der Waals surface area contributed by atoms with Crippen molar-refractivity contribution in [3.8, 4) is 5.75 Å². The number of nitrogens with one attached hydrogen (secondary N) is 1. The SMILES string of the molecule is COc1cccc(N(C(=O)c2csnn2)C(C(=O)NC2CCCC2)c2cccs2)c1. The lowest BCUT2D eigenvalue weighted by Gasteiger charge is -2.31. The van der Waals surface area contributed by atoms with Crippen molar-refractivity contribution in [1.82, 2.24) is 14.9 Å². The Hall–Kier alpha value is -2.78. The molecule has 156 valence electrons. The molecule has 0 bridgehead atoms. The average molecular weight is 443 g/mol. The van der Waals surface area contributed by atoms with Crippen LogP contribution in [0.15, 0.2) is 47.2 Å². The molecule has 2 aromatic heterocycles. The molecule has 0 spiro atoms. The first-order valence-electron chi connectivity index (χ1n) is 9.76. The molecule has 1 N–H and O–H groups in total. The summed E-state index contributed by atoms with van der Waals surface area (Å²) in [6.07, 6.45) is 4.15. The van der Waals surface area contributed by atoms with Crippen LogP contribution in [0.5, 0.6) is 5.75 Å². The van der Waals surface area contributed by atoms with E-state index in [0.717, 1.165) is 42.1 Å². The first-order chi connectivity index (χ1) is 14.7. The number of methoxy groups -OCH3 is 1. The summed E-state index contributed by atoms with van der Waals surface area (Å²) in [6.45, 7) is 0. The second kappa shape index (κ2) is 9.36. The molecule has 0 aliphatic heterocycles. The number of hydrogen-bond donors (Lipinski definition) is 1. The molecule has 3 aromatic rings. The average Bonchev–Trinajstić information content (AvgIpc) is 3.55. The molecular formula is C21H22N4O3S2. The predicted octanol–water partition coefficient (Wildman–Crippen LogP) is 4.06. The fourth-order valence-corrected chi connectivity index (χ4v) is 4.94. The lowest BCUT2D eigenvalue weighted by Crippen LogP contribution is -2.46. The van der Waals surface area contributed by atoms with Crippen LogP contribution >= 0.6 is 22.9 Å². The summed E-state index contributed by atoms with van der Waals surface area (Å²) in [5, 5.41) is 10.6. The summed E-state index contributed by atoms with van der Waals surface area (Å²) < 4.78 is 9.18. The molecule has 9 heteroatoms. The van der Waals surface area contributed by atoms with Gasteiger partial charge in [-0.05, 0) is 48.0 Å². The summed E-state index contributed by atoms with van der Waals surface area (Å²) in [5.41, 5.74) is 0.769.